The summed E-state index contributed by atoms with van der Waals surface area (Å²) in [5.41, 5.74) is 1.90. The number of aryl methyl sites for hydroxylation is 1. The molecule has 116 valence electrons. The third kappa shape index (κ3) is 3.48. The highest BCUT2D eigenvalue weighted by Crippen LogP contribution is 2.37. The molecule has 2 aliphatic rings. The Bertz CT molecular complexity index is 510. The van der Waals surface area contributed by atoms with E-state index in [0.29, 0.717) is 6.04 Å². The third-order valence-electron chi connectivity index (χ3n) is 4.50. The maximum absolute atomic E-state index is 6.33. The van der Waals surface area contributed by atoms with Gasteiger partial charge in [-0.3, -0.25) is 0 Å². The molecule has 0 radical (unpaired) electrons. The van der Waals surface area contributed by atoms with Crippen molar-refractivity contribution in [2.24, 2.45) is 0 Å². The molecule has 0 aromatic heterocycles. The minimum absolute atomic E-state index is 0.0187. The van der Waals surface area contributed by atoms with E-state index in [-0.39, 0.29) is 5.60 Å². The van der Waals surface area contributed by atoms with Crippen LogP contribution in [0.25, 0.3) is 0 Å². The quantitative estimate of drug-likeness (QED) is 0.869. The second kappa shape index (κ2) is 6.33. The van der Waals surface area contributed by atoms with Crippen LogP contribution in [0, 0.1) is 6.92 Å². The Morgan fingerprint density at radius 3 is 2.67 bits per heavy atom. The van der Waals surface area contributed by atoms with Crippen LogP contribution >= 0.6 is 23.2 Å². The molecule has 3 nitrogen and oxygen atoms in total. The van der Waals surface area contributed by atoms with E-state index in [2.05, 4.69) is 5.32 Å². The van der Waals surface area contributed by atoms with Crippen LogP contribution in [-0.2, 0) is 9.47 Å². The van der Waals surface area contributed by atoms with Gasteiger partial charge in [-0.05, 0) is 50.3 Å². The predicted octanol–water partition coefficient (Wildman–Crippen LogP) is 4.44. The molecule has 2 fully saturated rings. The first-order valence-corrected chi connectivity index (χ1v) is 8.27. The fourth-order valence-electron chi connectivity index (χ4n) is 3.22. The second-order valence-corrected chi connectivity index (χ2v) is 6.87. The van der Waals surface area contributed by atoms with E-state index in [0.717, 1.165) is 66.8 Å². The van der Waals surface area contributed by atoms with Crippen molar-refractivity contribution in [3.8, 4) is 0 Å². The zero-order chi connectivity index (χ0) is 14.9. The number of nitrogens with one attached hydrogen (secondary N) is 1. The molecule has 2 aliphatic heterocycles. The van der Waals surface area contributed by atoms with Crippen molar-refractivity contribution >= 4 is 28.9 Å². The number of ether oxygens (including phenoxy) is 2. The molecule has 1 aromatic carbocycles. The van der Waals surface area contributed by atoms with Crippen molar-refractivity contribution in [3.05, 3.63) is 27.7 Å². The van der Waals surface area contributed by atoms with E-state index in [4.69, 9.17) is 32.7 Å². The van der Waals surface area contributed by atoms with Gasteiger partial charge in [-0.1, -0.05) is 23.2 Å². The SMILES string of the molecule is Cc1cc(Cl)c(NC2CCOC3(CCOCC3)C2)cc1Cl. The maximum atomic E-state index is 6.33. The van der Waals surface area contributed by atoms with Crippen LogP contribution in [0.2, 0.25) is 10.0 Å². The molecule has 21 heavy (non-hydrogen) atoms. The minimum Gasteiger partial charge on any atom is -0.381 e. The van der Waals surface area contributed by atoms with Crippen LogP contribution in [0.15, 0.2) is 12.1 Å². The standard InChI is InChI=1S/C16H21Cl2NO2/c1-11-8-14(18)15(9-13(11)17)19-12-2-5-21-16(10-12)3-6-20-7-4-16/h8-9,12,19H,2-7,10H2,1H3. The van der Waals surface area contributed by atoms with Crippen molar-refractivity contribution < 1.29 is 9.47 Å². The highest BCUT2D eigenvalue weighted by molar-refractivity contribution is 6.35. The van der Waals surface area contributed by atoms with Crippen LogP contribution in [0.4, 0.5) is 5.69 Å². The van der Waals surface area contributed by atoms with Crippen LogP contribution in [0.5, 0.6) is 0 Å². The van der Waals surface area contributed by atoms with Gasteiger partial charge in [0.05, 0.1) is 16.3 Å². The summed E-state index contributed by atoms with van der Waals surface area (Å²) in [5.74, 6) is 0. The van der Waals surface area contributed by atoms with Gasteiger partial charge in [0, 0.05) is 30.9 Å². The zero-order valence-corrected chi connectivity index (χ0v) is 13.8. The number of hydrogen-bond donors (Lipinski definition) is 1. The minimum atomic E-state index is -0.0187. The summed E-state index contributed by atoms with van der Waals surface area (Å²) in [4.78, 5) is 0. The van der Waals surface area contributed by atoms with Gasteiger partial charge in [0.1, 0.15) is 0 Å². The fraction of sp³-hybridized carbons (Fsp3) is 0.625. The molecule has 1 aromatic rings. The molecule has 5 heteroatoms. The van der Waals surface area contributed by atoms with E-state index in [1.165, 1.54) is 0 Å². The summed E-state index contributed by atoms with van der Waals surface area (Å²) < 4.78 is 11.5. The van der Waals surface area contributed by atoms with Crippen molar-refractivity contribution in [1.82, 2.24) is 0 Å². The van der Waals surface area contributed by atoms with Crippen molar-refractivity contribution in [2.75, 3.05) is 25.1 Å². The van der Waals surface area contributed by atoms with Gasteiger partial charge in [0.25, 0.3) is 0 Å². The van der Waals surface area contributed by atoms with Crippen molar-refractivity contribution in [1.29, 1.82) is 0 Å². The van der Waals surface area contributed by atoms with Crippen LogP contribution < -0.4 is 5.32 Å². The number of hydrogen-bond acceptors (Lipinski definition) is 3. The first kappa shape index (κ1) is 15.4. The van der Waals surface area contributed by atoms with E-state index >= 15 is 0 Å². The Kier molecular flexibility index (Phi) is 4.65. The lowest BCUT2D eigenvalue weighted by Gasteiger charge is -2.43. The molecule has 3 rings (SSSR count). The highest BCUT2D eigenvalue weighted by atomic mass is 35.5. The van der Waals surface area contributed by atoms with Gasteiger partial charge in [0.15, 0.2) is 0 Å². The summed E-state index contributed by atoms with van der Waals surface area (Å²) in [5, 5.41) is 5.02. The lowest BCUT2D eigenvalue weighted by Crippen LogP contribution is -2.47. The molecule has 0 saturated carbocycles. The zero-order valence-electron chi connectivity index (χ0n) is 12.3. The smallest absolute Gasteiger partial charge is 0.0745 e. The number of rotatable bonds is 2. The molecule has 0 aliphatic carbocycles. The Morgan fingerprint density at radius 2 is 1.90 bits per heavy atom. The summed E-state index contributed by atoms with van der Waals surface area (Å²) in [6.45, 7) is 4.34. The van der Waals surface area contributed by atoms with E-state index in [1.54, 1.807) is 0 Å². The van der Waals surface area contributed by atoms with E-state index in [9.17, 15) is 0 Å². The third-order valence-corrected chi connectivity index (χ3v) is 5.22. The van der Waals surface area contributed by atoms with Gasteiger partial charge < -0.3 is 14.8 Å². The molecular formula is C16H21Cl2NO2. The maximum Gasteiger partial charge on any atom is 0.0745 e. The molecule has 0 bridgehead atoms. The molecule has 1 N–H and O–H groups in total. The highest BCUT2D eigenvalue weighted by Gasteiger charge is 2.39. The Labute approximate surface area is 135 Å². The number of benzene rings is 1. The first-order chi connectivity index (χ1) is 10.1. The van der Waals surface area contributed by atoms with E-state index in [1.807, 2.05) is 19.1 Å². The number of halogens is 2. The first-order valence-electron chi connectivity index (χ1n) is 7.52. The Balaban J connectivity index is 1.71. The Morgan fingerprint density at radius 1 is 1.14 bits per heavy atom. The fourth-order valence-corrected chi connectivity index (χ4v) is 3.66. The van der Waals surface area contributed by atoms with Crippen LogP contribution in [0.1, 0.15) is 31.2 Å². The van der Waals surface area contributed by atoms with Gasteiger partial charge in [-0.2, -0.15) is 0 Å². The van der Waals surface area contributed by atoms with Crippen molar-refractivity contribution in [3.63, 3.8) is 0 Å². The molecule has 0 amide bonds. The van der Waals surface area contributed by atoms with Gasteiger partial charge in [-0.25, -0.2) is 0 Å². The molecule has 2 heterocycles. The average Bonchev–Trinajstić information content (AvgIpc) is 2.46. The molecule has 1 spiro atoms. The lowest BCUT2D eigenvalue weighted by molar-refractivity contribution is -0.135. The number of anilines is 1. The normalized spacial score (nSPS) is 25.0. The summed E-state index contributed by atoms with van der Waals surface area (Å²) >= 11 is 12.5. The average molecular weight is 330 g/mol. The van der Waals surface area contributed by atoms with Gasteiger partial charge in [0.2, 0.25) is 0 Å². The van der Waals surface area contributed by atoms with Crippen LogP contribution in [-0.4, -0.2) is 31.5 Å². The summed E-state index contributed by atoms with van der Waals surface area (Å²) in [7, 11) is 0. The largest absolute Gasteiger partial charge is 0.381 e. The Hall–Kier alpha value is -0.480. The van der Waals surface area contributed by atoms with E-state index < -0.39 is 0 Å². The van der Waals surface area contributed by atoms with Crippen molar-refractivity contribution in [2.45, 2.75) is 44.2 Å². The molecular weight excluding hydrogens is 309 g/mol. The monoisotopic (exact) mass is 329 g/mol. The van der Waals surface area contributed by atoms with Crippen LogP contribution in [0.3, 0.4) is 0 Å². The van der Waals surface area contributed by atoms with Gasteiger partial charge >= 0.3 is 0 Å². The summed E-state index contributed by atoms with van der Waals surface area (Å²) in [6, 6.07) is 4.20. The topological polar surface area (TPSA) is 30.5 Å². The summed E-state index contributed by atoms with van der Waals surface area (Å²) in [6.07, 6.45) is 3.95. The second-order valence-electron chi connectivity index (χ2n) is 6.06. The van der Waals surface area contributed by atoms with Gasteiger partial charge in [-0.15, -0.1) is 0 Å². The lowest BCUT2D eigenvalue weighted by atomic mass is 9.84. The molecule has 1 unspecified atom stereocenters. The predicted molar refractivity (Wildman–Crippen MR) is 86.6 cm³/mol. The molecule has 2 saturated heterocycles. The molecule has 1 atom stereocenters.